The first-order valence-electron chi connectivity index (χ1n) is 9.24. The van der Waals surface area contributed by atoms with Crippen LogP contribution < -0.4 is 10.3 Å². The highest BCUT2D eigenvalue weighted by molar-refractivity contribution is 5.71. The summed E-state index contributed by atoms with van der Waals surface area (Å²) in [7, 11) is 1.57. The van der Waals surface area contributed by atoms with E-state index in [0.717, 1.165) is 18.7 Å². The van der Waals surface area contributed by atoms with Gasteiger partial charge < -0.3 is 9.72 Å². The van der Waals surface area contributed by atoms with Crippen molar-refractivity contribution < 1.29 is 13.5 Å². The molecule has 1 atom stereocenters. The first-order chi connectivity index (χ1) is 14.3. The third-order valence-corrected chi connectivity index (χ3v) is 4.82. The van der Waals surface area contributed by atoms with E-state index in [0.29, 0.717) is 28.4 Å². The van der Waals surface area contributed by atoms with E-state index in [1.54, 1.807) is 20.1 Å². The van der Waals surface area contributed by atoms with Crippen LogP contribution >= 0.6 is 0 Å². The van der Waals surface area contributed by atoms with Crippen molar-refractivity contribution in [2.45, 2.75) is 25.8 Å². The van der Waals surface area contributed by atoms with Crippen molar-refractivity contribution in [3.05, 3.63) is 70.4 Å². The van der Waals surface area contributed by atoms with Crippen LogP contribution in [0.4, 0.5) is 8.78 Å². The van der Waals surface area contributed by atoms with Crippen LogP contribution in [0.3, 0.4) is 0 Å². The summed E-state index contributed by atoms with van der Waals surface area (Å²) in [6.45, 7) is 2.56. The normalized spacial score (nSPS) is 12.8. The van der Waals surface area contributed by atoms with Gasteiger partial charge in [-0.3, -0.25) is 4.79 Å². The number of ether oxygens (including phenoxy) is 1. The summed E-state index contributed by atoms with van der Waals surface area (Å²) in [5.74, 6) is -1.94. The SMILES string of the molecule is COc1cccc(-c2ccc(=O)n(C(C)c3nc4ncc(C(C)(F)F)cc4[nH]3)n2)c1. The van der Waals surface area contributed by atoms with Crippen molar-refractivity contribution >= 4 is 11.2 Å². The molecular formula is C21H19F2N5O2. The fraction of sp³-hybridized carbons (Fsp3) is 0.238. The number of nitrogens with zero attached hydrogens (tertiary/aromatic N) is 4. The summed E-state index contributed by atoms with van der Waals surface area (Å²) in [5, 5.41) is 4.47. The molecule has 3 heterocycles. The number of hydrogen-bond donors (Lipinski definition) is 1. The molecule has 0 aliphatic carbocycles. The van der Waals surface area contributed by atoms with Gasteiger partial charge in [-0.15, -0.1) is 0 Å². The number of halogens is 2. The van der Waals surface area contributed by atoms with E-state index >= 15 is 0 Å². The highest BCUT2D eigenvalue weighted by Gasteiger charge is 2.26. The van der Waals surface area contributed by atoms with Gasteiger partial charge in [-0.2, -0.15) is 5.10 Å². The maximum atomic E-state index is 13.6. The monoisotopic (exact) mass is 411 g/mol. The quantitative estimate of drug-likeness (QED) is 0.538. The molecule has 0 aliphatic heterocycles. The minimum Gasteiger partial charge on any atom is -0.497 e. The fourth-order valence-electron chi connectivity index (χ4n) is 3.11. The number of rotatable bonds is 5. The van der Waals surface area contributed by atoms with E-state index in [2.05, 4.69) is 20.1 Å². The lowest BCUT2D eigenvalue weighted by Crippen LogP contribution is -2.26. The Morgan fingerprint density at radius 1 is 1.20 bits per heavy atom. The van der Waals surface area contributed by atoms with E-state index in [1.165, 1.54) is 16.8 Å². The molecule has 0 spiro atoms. The van der Waals surface area contributed by atoms with Crippen molar-refractivity contribution in [3.8, 4) is 17.0 Å². The Labute approximate surface area is 170 Å². The summed E-state index contributed by atoms with van der Waals surface area (Å²) < 4.78 is 33.7. The molecule has 7 nitrogen and oxygen atoms in total. The molecule has 0 saturated heterocycles. The Morgan fingerprint density at radius 2 is 2.00 bits per heavy atom. The van der Waals surface area contributed by atoms with E-state index in [1.807, 2.05) is 24.3 Å². The third-order valence-electron chi connectivity index (χ3n) is 4.82. The molecule has 1 N–H and O–H groups in total. The number of aromatic nitrogens is 5. The van der Waals surface area contributed by atoms with Gasteiger partial charge in [-0.05, 0) is 31.2 Å². The summed E-state index contributed by atoms with van der Waals surface area (Å²) in [6, 6.07) is 11.1. The Bertz CT molecular complexity index is 1280. The number of pyridine rings is 1. The van der Waals surface area contributed by atoms with Gasteiger partial charge in [0.1, 0.15) is 17.6 Å². The highest BCUT2D eigenvalue weighted by Crippen LogP contribution is 2.28. The van der Waals surface area contributed by atoms with Gasteiger partial charge in [-0.25, -0.2) is 23.4 Å². The summed E-state index contributed by atoms with van der Waals surface area (Å²) in [5.41, 5.74) is 1.50. The molecule has 3 aromatic heterocycles. The predicted octanol–water partition coefficient (Wildman–Crippen LogP) is 3.91. The van der Waals surface area contributed by atoms with Crippen molar-refractivity contribution in [1.82, 2.24) is 24.7 Å². The predicted molar refractivity (Wildman–Crippen MR) is 108 cm³/mol. The molecule has 1 aromatic carbocycles. The molecule has 4 rings (SSSR count). The fourth-order valence-corrected chi connectivity index (χ4v) is 3.11. The number of alkyl halides is 2. The van der Waals surface area contributed by atoms with Crippen LogP contribution in [0.25, 0.3) is 22.4 Å². The van der Waals surface area contributed by atoms with E-state index in [9.17, 15) is 13.6 Å². The van der Waals surface area contributed by atoms with E-state index < -0.39 is 12.0 Å². The molecule has 30 heavy (non-hydrogen) atoms. The molecule has 154 valence electrons. The summed E-state index contributed by atoms with van der Waals surface area (Å²) >= 11 is 0. The smallest absolute Gasteiger partial charge is 0.272 e. The Morgan fingerprint density at radius 3 is 2.73 bits per heavy atom. The van der Waals surface area contributed by atoms with E-state index in [-0.39, 0.29) is 11.1 Å². The van der Waals surface area contributed by atoms with Gasteiger partial charge in [0.05, 0.1) is 18.3 Å². The number of benzene rings is 1. The molecule has 1 unspecified atom stereocenters. The lowest BCUT2D eigenvalue weighted by Gasteiger charge is -2.13. The topological polar surface area (TPSA) is 85.7 Å². The first kappa shape index (κ1) is 19.7. The van der Waals surface area contributed by atoms with Crippen LogP contribution in [-0.2, 0) is 5.92 Å². The van der Waals surface area contributed by atoms with Gasteiger partial charge in [0.2, 0.25) is 0 Å². The minimum atomic E-state index is -3.01. The number of H-pyrrole nitrogens is 1. The van der Waals surface area contributed by atoms with Crippen molar-refractivity contribution in [3.63, 3.8) is 0 Å². The van der Waals surface area contributed by atoms with Gasteiger partial charge in [0, 0.05) is 30.3 Å². The van der Waals surface area contributed by atoms with Gasteiger partial charge in [0.15, 0.2) is 5.65 Å². The average Bonchev–Trinajstić information content (AvgIpc) is 3.16. The molecule has 0 aliphatic rings. The third kappa shape index (κ3) is 3.66. The highest BCUT2D eigenvalue weighted by atomic mass is 19.3. The van der Waals surface area contributed by atoms with Crippen LogP contribution in [0, 0.1) is 0 Å². The molecule has 0 amide bonds. The Balaban J connectivity index is 1.74. The van der Waals surface area contributed by atoms with Crippen molar-refractivity contribution in [2.24, 2.45) is 0 Å². The number of fused-ring (bicyclic) bond motifs is 1. The lowest BCUT2D eigenvalue weighted by atomic mass is 10.1. The van der Waals surface area contributed by atoms with Gasteiger partial charge >= 0.3 is 0 Å². The van der Waals surface area contributed by atoms with E-state index in [4.69, 9.17) is 4.74 Å². The number of aromatic amines is 1. The zero-order valence-electron chi connectivity index (χ0n) is 16.6. The summed E-state index contributed by atoms with van der Waals surface area (Å²) in [6.07, 6.45) is 1.10. The molecule has 0 saturated carbocycles. The maximum absolute atomic E-state index is 13.6. The minimum absolute atomic E-state index is 0.215. The zero-order chi connectivity index (χ0) is 21.5. The van der Waals surface area contributed by atoms with Crippen LogP contribution in [0.1, 0.15) is 31.3 Å². The second kappa shape index (κ2) is 7.33. The number of nitrogens with one attached hydrogen (secondary N) is 1. The summed E-state index contributed by atoms with van der Waals surface area (Å²) in [4.78, 5) is 23.8. The second-order valence-electron chi connectivity index (χ2n) is 7.01. The molecule has 0 radical (unpaired) electrons. The maximum Gasteiger partial charge on any atom is 0.272 e. The van der Waals surface area contributed by atoms with Crippen LogP contribution in [0.15, 0.2) is 53.5 Å². The molecule has 4 aromatic rings. The number of methoxy groups -OCH3 is 1. The number of hydrogen-bond acceptors (Lipinski definition) is 5. The molecular weight excluding hydrogens is 392 g/mol. The van der Waals surface area contributed by atoms with Crippen LogP contribution in [0.2, 0.25) is 0 Å². The molecule has 0 bridgehead atoms. The second-order valence-corrected chi connectivity index (χ2v) is 7.01. The standard InChI is InChI=1S/C21H19F2N5O2/c1-12(19-25-17-10-14(21(2,22)23)11-24-20(17)26-19)28-18(29)8-7-16(27-28)13-5-4-6-15(9-13)30-3/h4-12H,1-3H3,(H,24,25,26). The average molecular weight is 411 g/mol. The first-order valence-corrected chi connectivity index (χ1v) is 9.24. The van der Waals surface area contributed by atoms with Crippen LogP contribution in [0.5, 0.6) is 5.75 Å². The van der Waals surface area contributed by atoms with Gasteiger partial charge in [0.25, 0.3) is 11.5 Å². The number of imidazole rings is 1. The van der Waals surface area contributed by atoms with Crippen molar-refractivity contribution in [1.29, 1.82) is 0 Å². The molecule has 9 heteroatoms. The Hall–Kier alpha value is -3.62. The molecule has 0 fully saturated rings. The largest absolute Gasteiger partial charge is 0.497 e. The van der Waals surface area contributed by atoms with Crippen LogP contribution in [-0.4, -0.2) is 31.8 Å². The van der Waals surface area contributed by atoms with Gasteiger partial charge in [-0.1, -0.05) is 12.1 Å². The lowest BCUT2D eigenvalue weighted by molar-refractivity contribution is 0.0173. The Kier molecular flexibility index (Phi) is 4.81. The zero-order valence-corrected chi connectivity index (χ0v) is 16.6. The van der Waals surface area contributed by atoms with Crippen molar-refractivity contribution in [2.75, 3.05) is 7.11 Å².